The van der Waals surface area contributed by atoms with Crippen LogP contribution in [0.25, 0.3) is 0 Å². The number of nitriles is 1. The van der Waals surface area contributed by atoms with Crippen molar-refractivity contribution in [2.75, 3.05) is 6.26 Å². The van der Waals surface area contributed by atoms with Crippen molar-refractivity contribution < 1.29 is 31.2 Å². The molecule has 2 aromatic carbocycles. The molecule has 0 aliphatic heterocycles. The zero-order valence-electron chi connectivity index (χ0n) is 15.6. The van der Waals surface area contributed by atoms with Gasteiger partial charge in [0.05, 0.1) is 16.5 Å². The van der Waals surface area contributed by atoms with Crippen molar-refractivity contribution in [1.82, 2.24) is 0 Å². The summed E-state index contributed by atoms with van der Waals surface area (Å²) in [7, 11) is -3.85. The third kappa shape index (κ3) is 2.94. The molecule has 2 aliphatic rings. The van der Waals surface area contributed by atoms with E-state index in [2.05, 4.69) is 0 Å². The molecule has 0 N–H and O–H groups in total. The minimum Gasteiger partial charge on any atom is -0.291 e. The number of rotatable bonds is 2. The number of carbonyl (C=O) groups excluding carboxylic acids is 2. The summed E-state index contributed by atoms with van der Waals surface area (Å²) in [6.45, 7) is 0. The van der Waals surface area contributed by atoms with Crippen LogP contribution < -0.4 is 0 Å². The lowest BCUT2D eigenvalue weighted by Gasteiger charge is -2.30. The van der Waals surface area contributed by atoms with Crippen molar-refractivity contribution >= 4 is 21.4 Å². The molecule has 5 nitrogen and oxygen atoms in total. The Labute approximate surface area is 170 Å². The van der Waals surface area contributed by atoms with Gasteiger partial charge in [0.15, 0.2) is 33.7 Å². The van der Waals surface area contributed by atoms with E-state index in [-0.39, 0.29) is 44.7 Å². The standard InChI is InChI=1S/C21H14F3NO4S/c1-30(28,29)17-3-2-11(13-7-16(24)21(27)19(13)17)12-6-15(23)20(26)14-5-10(22)4-9(8-25)18(12)14/h2-5,12,15-16H,6-7H2,1H3. The van der Waals surface area contributed by atoms with E-state index in [1.54, 1.807) is 6.07 Å². The molecular weight excluding hydrogens is 419 g/mol. The molecule has 0 amide bonds. The van der Waals surface area contributed by atoms with E-state index >= 15 is 0 Å². The highest BCUT2D eigenvalue weighted by molar-refractivity contribution is 7.90. The molecule has 0 aromatic heterocycles. The SMILES string of the molecule is CS(=O)(=O)c1ccc(C2CC(F)C(=O)c3cc(F)cc(C#N)c32)c2c1C(=O)C(F)C2. The van der Waals surface area contributed by atoms with Crippen LogP contribution in [0.15, 0.2) is 29.2 Å². The average Bonchev–Trinajstić information content (AvgIpc) is 2.97. The minimum absolute atomic E-state index is 0.0989. The molecule has 2 aromatic rings. The Kier molecular flexibility index (Phi) is 4.58. The van der Waals surface area contributed by atoms with Crippen LogP contribution in [0.3, 0.4) is 0 Å². The van der Waals surface area contributed by atoms with Gasteiger partial charge in [-0.1, -0.05) is 6.07 Å². The minimum atomic E-state index is -3.85. The van der Waals surface area contributed by atoms with Crippen LogP contribution in [0.4, 0.5) is 13.2 Å². The van der Waals surface area contributed by atoms with E-state index in [4.69, 9.17) is 0 Å². The first-order chi connectivity index (χ1) is 14.0. The number of carbonyl (C=O) groups is 2. The quantitative estimate of drug-likeness (QED) is 0.725. The third-order valence-electron chi connectivity index (χ3n) is 5.61. The van der Waals surface area contributed by atoms with Crippen molar-refractivity contribution in [1.29, 1.82) is 5.26 Å². The highest BCUT2D eigenvalue weighted by Gasteiger charge is 2.42. The number of benzene rings is 2. The maximum Gasteiger partial charge on any atom is 0.198 e. The number of nitrogens with zero attached hydrogens (tertiary/aromatic N) is 1. The zero-order chi connectivity index (χ0) is 22.0. The summed E-state index contributed by atoms with van der Waals surface area (Å²) in [5.41, 5.74) is -0.264. The third-order valence-corrected chi connectivity index (χ3v) is 6.75. The van der Waals surface area contributed by atoms with E-state index in [0.717, 1.165) is 24.5 Å². The Morgan fingerprint density at radius 3 is 2.43 bits per heavy atom. The molecule has 0 spiro atoms. The van der Waals surface area contributed by atoms with Crippen molar-refractivity contribution in [3.05, 3.63) is 63.5 Å². The molecule has 4 rings (SSSR count). The van der Waals surface area contributed by atoms with Gasteiger partial charge in [0.25, 0.3) is 0 Å². The largest absolute Gasteiger partial charge is 0.291 e. The number of sulfone groups is 1. The lowest BCUT2D eigenvalue weighted by Crippen LogP contribution is -2.29. The lowest BCUT2D eigenvalue weighted by atomic mass is 9.74. The normalized spacial score (nSPS) is 23.1. The number of hydrogen-bond acceptors (Lipinski definition) is 5. The maximum absolute atomic E-state index is 14.5. The fourth-order valence-corrected chi connectivity index (χ4v) is 5.28. The first kappa shape index (κ1) is 20.3. The monoisotopic (exact) mass is 433 g/mol. The summed E-state index contributed by atoms with van der Waals surface area (Å²) < 4.78 is 66.9. The van der Waals surface area contributed by atoms with Gasteiger partial charge in [0.2, 0.25) is 0 Å². The highest BCUT2D eigenvalue weighted by atomic mass is 32.2. The van der Waals surface area contributed by atoms with E-state index in [0.29, 0.717) is 0 Å². The van der Waals surface area contributed by atoms with Crippen LogP contribution in [0.2, 0.25) is 0 Å². The van der Waals surface area contributed by atoms with Crippen molar-refractivity contribution in [3.63, 3.8) is 0 Å². The van der Waals surface area contributed by atoms with Gasteiger partial charge in [-0.05, 0) is 41.3 Å². The molecular formula is C21H14F3NO4S. The second-order valence-corrected chi connectivity index (χ2v) is 9.45. The Morgan fingerprint density at radius 1 is 1.10 bits per heavy atom. The predicted molar refractivity (Wildman–Crippen MR) is 99.3 cm³/mol. The molecule has 0 bridgehead atoms. The Hall–Kier alpha value is -2.99. The van der Waals surface area contributed by atoms with Gasteiger partial charge in [-0.3, -0.25) is 9.59 Å². The van der Waals surface area contributed by atoms with Gasteiger partial charge < -0.3 is 0 Å². The first-order valence-electron chi connectivity index (χ1n) is 9.00. The van der Waals surface area contributed by atoms with E-state index in [9.17, 15) is 36.4 Å². The van der Waals surface area contributed by atoms with Crippen LogP contribution in [0.5, 0.6) is 0 Å². The second kappa shape index (κ2) is 6.77. The van der Waals surface area contributed by atoms with Crippen LogP contribution in [0.1, 0.15) is 55.3 Å². The number of ketones is 2. The topological polar surface area (TPSA) is 92.1 Å². The fraction of sp³-hybridized carbons (Fsp3) is 0.286. The van der Waals surface area contributed by atoms with Crippen molar-refractivity contribution in [2.24, 2.45) is 0 Å². The van der Waals surface area contributed by atoms with Gasteiger partial charge in [0.1, 0.15) is 5.82 Å². The molecule has 30 heavy (non-hydrogen) atoms. The zero-order valence-corrected chi connectivity index (χ0v) is 16.4. The van der Waals surface area contributed by atoms with Crippen LogP contribution >= 0.6 is 0 Å². The van der Waals surface area contributed by atoms with Crippen LogP contribution in [-0.4, -0.2) is 38.6 Å². The van der Waals surface area contributed by atoms with Gasteiger partial charge >= 0.3 is 0 Å². The Bertz CT molecular complexity index is 1280. The van der Waals surface area contributed by atoms with Crippen LogP contribution in [0, 0.1) is 17.1 Å². The number of Topliss-reactive ketones (excluding diaryl/α,β-unsaturated/α-hetero) is 2. The average molecular weight is 433 g/mol. The maximum atomic E-state index is 14.5. The smallest absolute Gasteiger partial charge is 0.198 e. The predicted octanol–water partition coefficient (Wildman–Crippen LogP) is 3.23. The molecule has 2 aliphatic carbocycles. The second-order valence-electron chi connectivity index (χ2n) is 7.46. The molecule has 0 heterocycles. The van der Waals surface area contributed by atoms with Gasteiger partial charge in [-0.2, -0.15) is 5.26 Å². The lowest BCUT2D eigenvalue weighted by molar-refractivity contribution is 0.0847. The van der Waals surface area contributed by atoms with Crippen LogP contribution in [-0.2, 0) is 16.3 Å². The molecule has 0 saturated heterocycles. The summed E-state index contributed by atoms with van der Waals surface area (Å²) in [5.74, 6) is -3.75. The van der Waals surface area contributed by atoms with Gasteiger partial charge in [0, 0.05) is 29.7 Å². The molecule has 0 saturated carbocycles. The van der Waals surface area contributed by atoms with E-state index in [1.165, 1.54) is 6.07 Å². The van der Waals surface area contributed by atoms with Crippen molar-refractivity contribution in [3.8, 4) is 6.07 Å². The number of halogens is 3. The summed E-state index contributed by atoms with van der Waals surface area (Å²) in [6.07, 6.45) is -3.83. The number of alkyl halides is 2. The molecule has 0 fully saturated rings. The molecule has 9 heteroatoms. The molecule has 154 valence electrons. The molecule has 0 radical (unpaired) electrons. The fourth-order valence-electron chi connectivity index (χ4n) is 4.37. The number of fused-ring (bicyclic) bond motifs is 2. The molecule has 3 unspecified atom stereocenters. The van der Waals surface area contributed by atoms with E-state index in [1.807, 2.05) is 0 Å². The Morgan fingerprint density at radius 2 is 1.80 bits per heavy atom. The summed E-state index contributed by atoms with van der Waals surface area (Å²) in [4.78, 5) is 24.3. The summed E-state index contributed by atoms with van der Waals surface area (Å²) >= 11 is 0. The Balaban J connectivity index is 2.03. The first-order valence-corrected chi connectivity index (χ1v) is 10.9. The summed E-state index contributed by atoms with van der Waals surface area (Å²) in [5, 5.41) is 9.45. The number of hydrogen-bond donors (Lipinski definition) is 0. The molecule has 3 atom stereocenters. The highest BCUT2D eigenvalue weighted by Crippen LogP contribution is 2.44. The summed E-state index contributed by atoms with van der Waals surface area (Å²) in [6, 6.07) is 6.08. The van der Waals surface area contributed by atoms with Crippen molar-refractivity contribution in [2.45, 2.75) is 36.0 Å². The van der Waals surface area contributed by atoms with Gasteiger partial charge in [-0.15, -0.1) is 0 Å². The van der Waals surface area contributed by atoms with E-state index < -0.39 is 51.9 Å². The van der Waals surface area contributed by atoms with Gasteiger partial charge in [-0.25, -0.2) is 21.6 Å².